The van der Waals surface area contributed by atoms with Crippen molar-refractivity contribution in [2.75, 3.05) is 0 Å². The molecule has 0 aliphatic rings. The van der Waals surface area contributed by atoms with Crippen LogP contribution in [0.2, 0.25) is 0 Å². The Hall–Kier alpha value is -1.41. The molecule has 94 valence electrons. The van der Waals surface area contributed by atoms with Crippen molar-refractivity contribution in [3.8, 4) is 0 Å². The molecule has 0 saturated heterocycles. The van der Waals surface area contributed by atoms with Crippen molar-refractivity contribution < 1.29 is 4.79 Å². The van der Waals surface area contributed by atoms with Crippen LogP contribution in [0, 0.1) is 0 Å². The molecule has 2 rings (SSSR count). The monoisotopic (exact) mass is 258 g/mol. The second-order valence-corrected chi connectivity index (χ2v) is 6.58. The van der Waals surface area contributed by atoms with E-state index in [2.05, 4.69) is 26.8 Å². The van der Waals surface area contributed by atoms with Gasteiger partial charge in [-0.05, 0) is 23.1 Å². The molecule has 0 aliphatic heterocycles. The van der Waals surface area contributed by atoms with Crippen LogP contribution in [-0.4, -0.2) is 5.78 Å². The van der Waals surface area contributed by atoms with Gasteiger partial charge in [-0.25, -0.2) is 0 Å². The standard InChI is InChI=1S/C16H18OS/c1-16(2,3)15-10-9-14(18-15)13(17)11-12-7-5-4-6-8-12/h4-10H,11H2,1-3H3. The van der Waals surface area contributed by atoms with Crippen LogP contribution in [0.25, 0.3) is 0 Å². The first-order valence-electron chi connectivity index (χ1n) is 6.14. The fourth-order valence-electron chi connectivity index (χ4n) is 1.76. The Morgan fingerprint density at radius 3 is 2.28 bits per heavy atom. The fourth-order valence-corrected chi connectivity index (χ4v) is 2.76. The van der Waals surface area contributed by atoms with Crippen LogP contribution >= 0.6 is 11.3 Å². The van der Waals surface area contributed by atoms with Crippen molar-refractivity contribution in [2.24, 2.45) is 0 Å². The second kappa shape index (κ2) is 5.07. The highest BCUT2D eigenvalue weighted by molar-refractivity contribution is 7.14. The Labute approximate surface area is 112 Å². The molecule has 0 bridgehead atoms. The number of carbonyl (C=O) groups excluding carboxylic acids is 1. The molecule has 0 unspecified atom stereocenters. The van der Waals surface area contributed by atoms with E-state index >= 15 is 0 Å². The summed E-state index contributed by atoms with van der Waals surface area (Å²) in [6.07, 6.45) is 0.491. The highest BCUT2D eigenvalue weighted by Gasteiger charge is 2.18. The Bertz CT molecular complexity index is 532. The first-order chi connectivity index (χ1) is 8.47. The van der Waals surface area contributed by atoms with Crippen molar-refractivity contribution >= 4 is 17.1 Å². The molecule has 0 saturated carbocycles. The number of benzene rings is 1. The maximum absolute atomic E-state index is 12.2. The summed E-state index contributed by atoms with van der Waals surface area (Å²) in [5.74, 6) is 0.210. The van der Waals surface area contributed by atoms with E-state index in [0.29, 0.717) is 6.42 Å². The van der Waals surface area contributed by atoms with E-state index in [-0.39, 0.29) is 11.2 Å². The van der Waals surface area contributed by atoms with Crippen molar-refractivity contribution in [1.82, 2.24) is 0 Å². The molecule has 2 heteroatoms. The van der Waals surface area contributed by atoms with Gasteiger partial charge in [0, 0.05) is 11.3 Å². The summed E-state index contributed by atoms with van der Waals surface area (Å²) in [5.41, 5.74) is 1.20. The van der Waals surface area contributed by atoms with Crippen LogP contribution in [0.4, 0.5) is 0 Å². The van der Waals surface area contributed by atoms with E-state index in [1.807, 2.05) is 36.4 Å². The lowest BCUT2D eigenvalue weighted by Crippen LogP contribution is -2.08. The van der Waals surface area contributed by atoms with Crippen molar-refractivity contribution in [2.45, 2.75) is 32.6 Å². The topological polar surface area (TPSA) is 17.1 Å². The van der Waals surface area contributed by atoms with E-state index < -0.39 is 0 Å². The lowest BCUT2D eigenvalue weighted by molar-refractivity contribution is 0.0997. The largest absolute Gasteiger partial charge is 0.293 e. The van der Waals surface area contributed by atoms with Crippen LogP contribution in [0.1, 0.15) is 40.9 Å². The molecular formula is C16H18OS. The second-order valence-electron chi connectivity index (χ2n) is 5.50. The predicted octanol–water partition coefficient (Wildman–Crippen LogP) is 4.47. The number of hydrogen-bond acceptors (Lipinski definition) is 2. The van der Waals surface area contributed by atoms with E-state index in [1.165, 1.54) is 4.88 Å². The number of carbonyl (C=O) groups is 1. The summed E-state index contributed by atoms with van der Waals surface area (Å²) in [7, 11) is 0. The third-order valence-electron chi connectivity index (χ3n) is 2.83. The lowest BCUT2D eigenvalue weighted by atomic mass is 9.95. The molecule has 0 amide bonds. The van der Waals surface area contributed by atoms with Crippen LogP contribution in [-0.2, 0) is 11.8 Å². The molecule has 0 fully saturated rings. The van der Waals surface area contributed by atoms with Gasteiger partial charge in [-0.2, -0.15) is 0 Å². The molecule has 1 aromatic carbocycles. The molecule has 1 heterocycles. The molecule has 0 atom stereocenters. The van der Waals surface area contributed by atoms with Gasteiger partial charge in [0.2, 0.25) is 0 Å². The number of Topliss-reactive ketones (excluding diaryl/α,β-unsaturated/α-hetero) is 1. The zero-order valence-corrected chi connectivity index (χ0v) is 11.9. The smallest absolute Gasteiger partial charge is 0.177 e. The first-order valence-corrected chi connectivity index (χ1v) is 6.96. The van der Waals surface area contributed by atoms with Crippen LogP contribution in [0.5, 0.6) is 0 Å². The van der Waals surface area contributed by atoms with Crippen molar-refractivity contribution in [3.05, 3.63) is 57.8 Å². The average molecular weight is 258 g/mol. The highest BCUT2D eigenvalue weighted by atomic mass is 32.1. The molecule has 0 N–H and O–H groups in total. The zero-order valence-electron chi connectivity index (χ0n) is 11.1. The number of rotatable bonds is 3. The van der Waals surface area contributed by atoms with Crippen LogP contribution in [0.3, 0.4) is 0 Å². The molecule has 18 heavy (non-hydrogen) atoms. The summed E-state index contributed by atoms with van der Waals surface area (Å²) in [4.78, 5) is 14.3. The van der Waals surface area contributed by atoms with E-state index in [4.69, 9.17) is 0 Å². The van der Waals surface area contributed by atoms with Gasteiger partial charge in [-0.1, -0.05) is 51.1 Å². The minimum Gasteiger partial charge on any atom is -0.293 e. The minimum atomic E-state index is 0.121. The van der Waals surface area contributed by atoms with Gasteiger partial charge in [0.25, 0.3) is 0 Å². The molecular weight excluding hydrogens is 240 g/mol. The van der Waals surface area contributed by atoms with Crippen molar-refractivity contribution in [1.29, 1.82) is 0 Å². The quantitative estimate of drug-likeness (QED) is 0.742. The van der Waals surface area contributed by atoms with Crippen LogP contribution < -0.4 is 0 Å². The van der Waals surface area contributed by atoms with Gasteiger partial charge >= 0.3 is 0 Å². The maximum Gasteiger partial charge on any atom is 0.177 e. The molecule has 1 nitrogen and oxygen atoms in total. The normalized spacial score (nSPS) is 11.5. The molecule has 0 spiro atoms. The molecule has 1 aromatic heterocycles. The minimum absolute atomic E-state index is 0.121. The van der Waals surface area contributed by atoms with Gasteiger partial charge < -0.3 is 0 Å². The van der Waals surface area contributed by atoms with Gasteiger partial charge in [0.15, 0.2) is 5.78 Å². The highest BCUT2D eigenvalue weighted by Crippen LogP contribution is 2.30. The number of thiophene rings is 1. The third kappa shape index (κ3) is 3.08. The summed E-state index contributed by atoms with van der Waals surface area (Å²) in [5, 5.41) is 0. The Morgan fingerprint density at radius 2 is 1.72 bits per heavy atom. The van der Waals surface area contributed by atoms with Gasteiger partial charge in [-0.3, -0.25) is 4.79 Å². The van der Waals surface area contributed by atoms with Gasteiger partial charge in [0.1, 0.15) is 0 Å². The number of hydrogen-bond donors (Lipinski definition) is 0. The summed E-state index contributed by atoms with van der Waals surface area (Å²) in [6, 6.07) is 13.9. The first kappa shape index (κ1) is 13.0. The average Bonchev–Trinajstić information content (AvgIpc) is 2.79. The van der Waals surface area contributed by atoms with E-state index in [9.17, 15) is 4.79 Å². The van der Waals surface area contributed by atoms with Gasteiger partial charge in [0.05, 0.1) is 4.88 Å². The fraction of sp³-hybridized carbons (Fsp3) is 0.312. The van der Waals surface area contributed by atoms with E-state index in [0.717, 1.165) is 10.4 Å². The van der Waals surface area contributed by atoms with Gasteiger partial charge in [-0.15, -0.1) is 11.3 Å². The Morgan fingerprint density at radius 1 is 1.06 bits per heavy atom. The summed E-state index contributed by atoms with van der Waals surface area (Å²) >= 11 is 1.62. The lowest BCUT2D eigenvalue weighted by Gasteiger charge is -2.15. The maximum atomic E-state index is 12.2. The predicted molar refractivity (Wildman–Crippen MR) is 77.5 cm³/mol. The van der Waals surface area contributed by atoms with Crippen LogP contribution in [0.15, 0.2) is 42.5 Å². The molecule has 0 aliphatic carbocycles. The SMILES string of the molecule is CC(C)(C)c1ccc(C(=O)Cc2ccccc2)s1. The number of ketones is 1. The van der Waals surface area contributed by atoms with Crippen molar-refractivity contribution in [3.63, 3.8) is 0 Å². The summed E-state index contributed by atoms with van der Waals surface area (Å²) in [6.45, 7) is 6.51. The van der Waals surface area contributed by atoms with E-state index in [1.54, 1.807) is 11.3 Å². The molecule has 2 aromatic rings. The Balaban J connectivity index is 2.13. The molecule has 0 radical (unpaired) electrons. The third-order valence-corrected chi connectivity index (χ3v) is 4.38. The zero-order chi connectivity index (χ0) is 13.2. The Kier molecular flexibility index (Phi) is 3.67. The summed E-state index contributed by atoms with van der Waals surface area (Å²) < 4.78 is 0.